The molecule has 6 heteroatoms. The first-order chi connectivity index (χ1) is 23.8. The van der Waals surface area contributed by atoms with Crippen molar-refractivity contribution in [2.24, 2.45) is 5.92 Å². The van der Waals surface area contributed by atoms with Crippen LogP contribution in [0.15, 0.2) is 72.9 Å². The lowest BCUT2D eigenvalue weighted by molar-refractivity contribution is -0.152. The number of ether oxygens (including phenoxy) is 2. The maximum atomic E-state index is 12.0. The van der Waals surface area contributed by atoms with Gasteiger partial charge in [-0.25, -0.2) is 0 Å². The van der Waals surface area contributed by atoms with Crippen molar-refractivity contribution in [2.75, 3.05) is 13.2 Å². The van der Waals surface area contributed by atoms with Crippen molar-refractivity contribution in [1.29, 1.82) is 0 Å². The van der Waals surface area contributed by atoms with Gasteiger partial charge in [0.25, 0.3) is 0 Å². The van der Waals surface area contributed by atoms with Crippen LogP contribution < -0.4 is 0 Å². The summed E-state index contributed by atoms with van der Waals surface area (Å²) in [6.07, 6.45) is 44.2. The monoisotopic (exact) mass is 685 g/mol. The van der Waals surface area contributed by atoms with E-state index in [1.54, 1.807) is 6.08 Å². The number of rotatable bonds is 33. The Bertz CT molecular complexity index is 942. The number of allylic oxidation sites excluding steroid dienone is 10. The fourth-order valence-electron chi connectivity index (χ4n) is 5.03. The van der Waals surface area contributed by atoms with Gasteiger partial charge in [-0.05, 0) is 50.9 Å². The summed E-state index contributed by atoms with van der Waals surface area (Å²) in [6, 6.07) is 0. The number of carbonyl (C=O) groups excluding carboxylic acids is 2. The van der Waals surface area contributed by atoms with Crippen LogP contribution in [-0.4, -0.2) is 47.6 Å². The smallest absolute Gasteiger partial charge is 0.306 e. The van der Waals surface area contributed by atoms with Crippen LogP contribution in [0.1, 0.15) is 156 Å². The van der Waals surface area contributed by atoms with Crippen LogP contribution in [0, 0.1) is 5.92 Å². The third-order valence-corrected chi connectivity index (χ3v) is 7.98. The molecule has 0 aromatic carbocycles. The molecule has 0 saturated carbocycles. The Labute approximate surface area is 300 Å². The van der Waals surface area contributed by atoms with Gasteiger partial charge in [-0.2, -0.15) is 0 Å². The van der Waals surface area contributed by atoms with Crippen molar-refractivity contribution in [3.8, 4) is 0 Å². The first kappa shape index (κ1) is 46.3. The molecule has 49 heavy (non-hydrogen) atoms. The van der Waals surface area contributed by atoms with E-state index in [2.05, 4.69) is 57.2 Å². The minimum absolute atomic E-state index is 0.171. The van der Waals surface area contributed by atoms with E-state index in [9.17, 15) is 19.8 Å². The van der Waals surface area contributed by atoms with Crippen molar-refractivity contribution in [2.45, 2.75) is 168 Å². The minimum atomic E-state index is -1.03. The normalized spacial score (nSPS) is 13.8. The van der Waals surface area contributed by atoms with E-state index in [1.165, 1.54) is 64.2 Å². The first-order valence-corrected chi connectivity index (χ1v) is 19.5. The molecule has 0 spiro atoms. The van der Waals surface area contributed by atoms with E-state index in [1.807, 2.05) is 30.4 Å². The number of aliphatic hydroxyl groups excluding tert-OH is 2. The average molecular weight is 685 g/mol. The summed E-state index contributed by atoms with van der Waals surface area (Å²) in [4.78, 5) is 23.9. The van der Waals surface area contributed by atoms with Gasteiger partial charge in [0.15, 0.2) is 0 Å². The van der Waals surface area contributed by atoms with Crippen LogP contribution in [0.2, 0.25) is 0 Å². The van der Waals surface area contributed by atoms with Gasteiger partial charge in [-0.1, -0.05) is 171 Å². The maximum Gasteiger partial charge on any atom is 0.306 e. The Morgan fingerprint density at radius 2 is 1.06 bits per heavy atom. The summed E-state index contributed by atoms with van der Waals surface area (Å²) in [5.41, 5.74) is 0. The number of hydrogen-bond acceptors (Lipinski definition) is 6. The van der Waals surface area contributed by atoms with Crippen molar-refractivity contribution >= 4 is 11.9 Å². The first-order valence-electron chi connectivity index (χ1n) is 19.5. The molecule has 2 atom stereocenters. The fourth-order valence-corrected chi connectivity index (χ4v) is 5.03. The standard InChI is InChI=1S/C43H72O6/c1-4-5-6-7-8-9-10-11-15-18-21-24-28-33-40(44)34-29-26-31-36-43(47)49-38-41(45)37-48-42(46)35-30-25-22-19-16-13-12-14-17-20-23-27-32-39(2)3/h5-6,8-9,11,15,21,24,26,28-29,33,39-41,44-45H,4,7,10,12-14,16-20,22-23,25,27,30-32,34-38H2,1-3H3/b6-5-,9-8-,15-11-,24-21-,29-26-,33-28-/t40?,41-/m0/s1. The van der Waals surface area contributed by atoms with Crippen LogP contribution in [0.4, 0.5) is 0 Å². The molecule has 0 fully saturated rings. The predicted molar refractivity (Wildman–Crippen MR) is 206 cm³/mol. The molecule has 280 valence electrons. The molecule has 0 rings (SSSR count). The highest BCUT2D eigenvalue weighted by Gasteiger charge is 2.11. The Morgan fingerprint density at radius 1 is 0.571 bits per heavy atom. The fraction of sp³-hybridized carbons (Fsp3) is 0.674. The molecule has 0 aliphatic rings. The van der Waals surface area contributed by atoms with Crippen LogP contribution in [0.3, 0.4) is 0 Å². The lowest BCUT2D eigenvalue weighted by Crippen LogP contribution is -2.25. The van der Waals surface area contributed by atoms with Crippen molar-refractivity contribution in [1.82, 2.24) is 0 Å². The zero-order valence-corrected chi connectivity index (χ0v) is 31.5. The molecule has 0 radical (unpaired) electrons. The summed E-state index contributed by atoms with van der Waals surface area (Å²) in [5, 5.41) is 20.1. The number of carbonyl (C=O) groups is 2. The third-order valence-electron chi connectivity index (χ3n) is 7.98. The zero-order chi connectivity index (χ0) is 36.0. The van der Waals surface area contributed by atoms with Gasteiger partial charge in [0.2, 0.25) is 0 Å². The number of aliphatic hydroxyl groups is 2. The largest absolute Gasteiger partial charge is 0.463 e. The SMILES string of the molecule is CC/C=C\C/C=C\C/C=C\C/C=C\C=C/C(O)C/C=C\CCC(=O)OC[C@@H](O)COC(=O)CCCCCCCCCCCCCCC(C)C. The summed E-state index contributed by atoms with van der Waals surface area (Å²) in [7, 11) is 0. The van der Waals surface area contributed by atoms with Crippen molar-refractivity contribution in [3.05, 3.63) is 72.9 Å². The third kappa shape index (κ3) is 38.0. The second-order valence-electron chi connectivity index (χ2n) is 13.4. The Hall–Kier alpha value is -2.70. The van der Waals surface area contributed by atoms with Crippen LogP contribution in [-0.2, 0) is 19.1 Å². The molecule has 0 aliphatic carbocycles. The number of unbranched alkanes of at least 4 members (excludes halogenated alkanes) is 11. The molecule has 1 unspecified atom stereocenters. The average Bonchev–Trinajstić information content (AvgIpc) is 3.08. The van der Waals surface area contributed by atoms with E-state index in [0.717, 1.165) is 50.9 Å². The van der Waals surface area contributed by atoms with Crippen molar-refractivity contribution in [3.63, 3.8) is 0 Å². The Morgan fingerprint density at radius 3 is 1.61 bits per heavy atom. The predicted octanol–water partition coefficient (Wildman–Crippen LogP) is 11.0. The number of hydrogen-bond donors (Lipinski definition) is 2. The van der Waals surface area contributed by atoms with Crippen molar-refractivity contribution < 1.29 is 29.3 Å². The van der Waals surface area contributed by atoms with Gasteiger partial charge < -0.3 is 19.7 Å². The number of esters is 2. The molecule has 0 aliphatic heterocycles. The van der Waals surface area contributed by atoms with E-state index in [0.29, 0.717) is 19.3 Å². The highest BCUT2D eigenvalue weighted by molar-refractivity contribution is 5.70. The maximum absolute atomic E-state index is 12.0. The van der Waals surface area contributed by atoms with E-state index >= 15 is 0 Å². The topological polar surface area (TPSA) is 93.1 Å². The van der Waals surface area contributed by atoms with E-state index in [-0.39, 0.29) is 25.6 Å². The van der Waals surface area contributed by atoms with E-state index < -0.39 is 18.2 Å². The summed E-state index contributed by atoms with van der Waals surface area (Å²) in [6.45, 7) is 6.36. The van der Waals surface area contributed by atoms with Crippen LogP contribution in [0.25, 0.3) is 0 Å². The highest BCUT2D eigenvalue weighted by Crippen LogP contribution is 2.14. The molecular formula is C43H72O6. The van der Waals surface area contributed by atoms with E-state index in [4.69, 9.17) is 9.47 Å². The molecule has 2 N–H and O–H groups in total. The molecule has 0 bridgehead atoms. The van der Waals surface area contributed by atoms with Crippen LogP contribution >= 0.6 is 0 Å². The molecule has 0 aromatic rings. The highest BCUT2D eigenvalue weighted by atomic mass is 16.6. The quantitative estimate of drug-likeness (QED) is 0.0309. The summed E-state index contributed by atoms with van der Waals surface area (Å²) >= 11 is 0. The second-order valence-corrected chi connectivity index (χ2v) is 13.4. The summed E-state index contributed by atoms with van der Waals surface area (Å²) < 4.78 is 10.2. The molecule has 0 amide bonds. The van der Waals surface area contributed by atoms with Gasteiger partial charge >= 0.3 is 11.9 Å². The lowest BCUT2D eigenvalue weighted by Gasteiger charge is -2.12. The van der Waals surface area contributed by atoms with Gasteiger partial charge in [0.05, 0.1) is 6.10 Å². The van der Waals surface area contributed by atoms with Gasteiger partial charge in [0.1, 0.15) is 19.3 Å². The lowest BCUT2D eigenvalue weighted by atomic mass is 10.0. The molecule has 0 heterocycles. The summed E-state index contributed by atoms with van der Waals surface area (Å²) in [5.74, 6) is 0.0867. The second kappa shape index (κ2) is 36.6. The van der Waals surface area contributed by atoms with Gasteiger partial charge in [0, 0.05) is 12.8 Å². The molecule has 0 aromatic heterocycles. The molecular weight excluding hydrogens is 612 g/mol. The minimum Gasteiger partial charge on any atom is -0.463 e. The van der Waals surface area contributed by atoms with Crippen LogP contribution in [0.5, 0.6) is 0 Å². The Balaban J connectivity index is 3.68. The molecule has 6 nitrogen and oxygen atoms in total. The zero-order valence-electron chi connectivity index (χ0n) is 31.5. The van der Waals surface area contributed by atoms with Gasteiger partial charge in [-0.3, -0.25) is 9.59 Å². The van der Waals surface area contributed by atoms with Gasteiger partial charge in [-0.15, -0.1) is 0 Å². The Kier molecular flexibility index (Phi) is 34.6. The molecule has 0 saturated heterocycles.